The number of carbonyl (C=O) groups is 1. The molecule has 4 nitrogen and oxygen atoms in total. The van der Waals surface area contributed by atoms with Crippen LogP contribution in [0.3, 0.4) is 0 Å². The van der Waals surface area contributed by atoms with E-state index < -0.39 is 6.09 Å². The lowest BCUT2D eigenvalue weighted by Gasteiger charge is -2.18. The van der Waals surface area contributed by atoms with Crippen LogP contribution in [0.15, 0.2) is 23.7 Å². The number of ether oxygens (including phenoxy) is 1. The molecule has 1 aromatic heterocycles. The van der Waals surface area contributed by atoms with Crippen molar-refractivity contribution < 1.29 is 9.53 Å². The fourth-order valence-electron chi connectivity index (χ4n) is 1.91. The lowest BCUT2D eigenvalue weighted by Crippen LogP contribution is -2.37. The largest absolute Gasteiger partial charge is 0.444 e. The Bertz CT molecular complexity index is 783. The Balaban J connectivity index is 1.71. The van der Waals surface area contributed by atoms with Crippen LogP contribution in [-0.2, 0) is 11.3 Å². The molecule has 0 fully saturated rings. The molecular weight excluding hydrogens is 331 g/mol. The zero-order valence-electron chi connectivity index (χ0n) is 10.8. The van der Waals surface area contributed by atoms with Crippen LogP contribution in [0.4, 0.5) is 4.79 Å². The van der Waals surface area contributed by atoms with E-state index in [1.54, 1.807) is 29.9 Å². The number of benzene rings is 1. The predicted octanol–water partition coefficient (Wildman–Crippen LogP) is 2.62. The van der Waals surface area contributed by atoms with Gasteiger partial charge in [-0.15, -0.1) is 11.3 Å². The standard InChI is InChI=1S/C14H10Cl2N2O2S/c15-10-2-1-3-11(16)9(10)7-20-14(19)18-5-4-12-13(6-18)21-8-17-12/h1-4,6,8H,5,7H2. The molecule has 7 heteroatoms. The van der Waals surface area contributed by atoms with Crippen molar-refractivity contribution in [2.45, 2.75) is 6.61 Å². The van der Waals surface area contributed by atoms with E-state index in [4.69, 9.17) is 27.9 Å². The molecule has 21 heavy (non-hydrogen) atoms. The van der Waals surface area contributed by atoms with Gasteiger partial charge in [0.1, 0.15) is 6.61 Å². The van der Waals surface area contributed by atoms with Crippen LogP contribution in [0, 0.1) is 0 Å². The van der Waals surface area contributed by atoms with E-state index in [0.29, 0.717) is 22.2 Å². The number of hydrogen-bond acceptors (Lipinski definition) is 4. The van der Waals surface area contributed by atoms with Gasteiger partial charge in [-0.05, 0) is 18.2 Å². The number of aromatic nitrogens is 1. The third kappa shape index (κ3) is 3.05. The zero-order valence-corrected chi connectivity index (χ0v) is 13.1. The quantitative estimate of drug-likeness (QED) is 0.843. The number of halogens is 2. The van der Waals surface area contributed by atoms with Crippen molar-refractivity contribution in [3.8, 4) is 0 Å². The zero-order chi connectivity index (χ0) is 14.8. The molecule has 1 aliphatic heterocycles. The smallest absolute Gasteiger partial charge is 0.414 e. The second-order valence-corrected chi connectivity index (χ2v) is 6.04. The average molecular weight is 341 g/mol. The maximum atomic E-state index is 12.1. The van der Waals surface area contributed by atoms with Gasteiger partial charge in [0.2, 0.25) is 0 Å². The van der Waals surface area contributed by atoms with E-state index in [2.05, 4.69) is 4.98 Å². The summed E-state index contributed by atoms with van der Waals surface area (Å²) >= 11 is 13.6. The van der Waals surface area contributed by atoms with Crippen LogP contribution >= 0.6 is 34.5 Å². The second kappa shape index (κ2) is 6.05. The molecule has 3 rings (SSSR count). The Morgan fingerprint density at radius 1 is 1.38 bits per heavy atom. The maximum absolute atomic E-state index is 12.1. The normalized spacial score (nSPS) is 13.1. The van der Waals surface area contributed by atoms with Gasteiger partial charge >= 0.3 is 6.09 Å². The molecule has 108 valence electrons. The highest BCUT2D eigenvalue weighted by Gasteiger charge is 2.16. The SMILES string of the molecule is O=C(OCc1c(Cl)cccc1Cl)N1C=c2scnc2=CC1. The van der Waals surface area contributed by atoms with Crippen molar-refractivity contribution in [1.29, 1.82) is 0 Å². The Hall–Kier alpha value is -1.56. The first-order valence-corrected chi connectivity index (χ1v) is 7.76. The van der Waals surface area contributed by atoms with Gasteiger partial charge < -0.3 is 4.74 Å². The molecule has 0 spiro atoms. The van der Waals surface area contributed by atoms with Crippen molar-refractivity contribution in [2.24, 2.45) is 0 Å². The van der Waals surface area contributed by atoms with E-state index >= 15 is 0 Å². The summed E-state index contributed by atoms with van der Waals surface area (Å²) in [7, 11) is 0. The lowest BCUT2D eigenvalue weighted by atomic mass is 10.2. The molecule has 2 aromatic rings. The minimum Gasteiger partial charge on any atom is -0.444 e. The number of amides is 1. The molecule has 0 saturated heterocycles. The van der Waals surface area contributed by atoms with Gasteiger partial charge in [0.15, 0.2) is 0 Å². The van der Waals surface area contributed by atoms with Gasteiger partial charge in [-0.25, -0.2) is 9.78 Å². The van der Waals surface area contributed by atoms with Crippen molar-refractivity contribution in [3.63, 3.8) is 0 Å². The van der Waals surface area contributed by atoms with Gasteiger partial charge in [0.05, 0.1) is 15.4 Å². The number of thiazole rings is 1. The Labute approximate surface area is 134 Å². The molecule has 0 radical (unpaired) electrons. The van der Waals surface area contributed by atoms with Crippen LogP contribution in [0.2, 0.25) is 10.0 Å². The Morgan fingerprint density at radius 2 is 2.14 bits per heavy atom. The molecule has 1 aromatic carbocycles. The monoisotopic (exact) mass is 340 g/mol. The van der Waals surface area contributed by atoms with Crippen molar-refractivity contribution in [2.75, 3.05) is 6.54 Å². The van der Waals surface area contributed by atoms with Crippen LogP contribution in [0.1, 0.15) is 5.56 Å². The number of carbonyl (C=O) groups excluding carboxylic acids is 1. The van der Waals surface area contributed by atoms with Gasteiger partial charge in [0.25, 0.3) is 0 Å². The fourth-order valence-corrected chi connectivity index (χ4v) is 3.14. The third-order valence-corrected chi connectivity index (χ3v) is 4.50. The molecule has 0 unspecified atom stereocenters. The van der Waals surface area contributed by atoms with E-state index in [9.17, 15) is 4.79 Å². The van der Waals surface area contributed by atoms with Crippen LogP contribution < -0.4 is 9.88 Å². The summed E-state index contributed by atoms with van der Waals surface area (Å²) in [4.78, 5) is 17.8. The van der Waals surface area contributed by atoms with Crippen LogP contribution in [0.5, 0.6) is 0 Å². The number of fused-ring (bicyclic) bond motifs is 1. The topological polar surface area (TPSA) is 42.4 Å². The van der Waals surface area contributed by atoms with Crippen molar-refractivity contribution >= 4 is 52.9 Å². The minimum absolute atomic E-state index is 0.0389. The molecule has 2 heterocycles. The Kier molecular flexibility index (Phi) is 4.14. The predicted molar refractivity (Wildman–Crippen MR) is 83.6 cm³/mol. The summed E-state index contributed by atoms with van der Waals surface area (Å²) in [6, 6.07) is 5.16. The molecule has 1 aliphatic rings. The molecule has 0 atom stereocenters. The van der Waals surface area contributed by atoms with E-state index in [1.165, 1.54) is 16.2 Å². The second-order valence-electron chi connectivity index (χ2n) is 4.34. The fraction of sp³-hybridized carbons (Fsp3) is 0.143. The maximum Gasteiger partial charge on any atom is 0.414 e. The number of rotatable bonds is 2. The van der Waals surface area contributed by atoms with E-state index in [-0.39, 0.29) is 6.61 Å². The highest BCUT2D eigenvalue weighted by molar-refractivity contribution is 7.07. The van der Waals surface area contributed by atoms with Gasteiger partial charge in [-0.2, -0.15) is 0 Å². The molecule has 0 bridgehead atoms. The van der Waals surface area contributed by atoms with E-state index in [1.807, 2.05) is 6.08 Å². The first-order chi connectivity index (χ1) is 10.1. The molecule has 1 amide bonds. The number of nitrogens with zero attached hydrogens (tertiary/aromatic N) is 2. The summed E-state index contributed by atoms with van der Waals surface area (Å²) in [5.41, 5.74) is 2.35. The highest BCUT2D eigenvalue weighted by atomic mass is 35.5. The lowest BCUT2D eigenvalue weighted by molar-refractivity contribution is 0.118. The van der Waals surface area contributed by atoms with Gasteiger partial charge in [-0.1, -0.05) is 29.3 Å². The van der Waals surface area contributed by atoms with E-state index in [0.717, 1.165) is 9.88 Å². The highest BCUT2D eigenvalue weighted by Crippen LogP contribution is 2.25. The third-order valence-electron chi connectivity index (χ3n) is 3.01. The molecular formula is C14H10Cl2N2O2S. The van der Waals surface area contributed by atoms with Crippen molar-refractivity contribution in [1.82, 2.24) is 9.88 Å². The van der Waals surface area contributed by atoms with Crippen molar-refractivity contribution in [3.05, 3.63) is 49.2 Å². The van der Waals surface area contributed by atoms with Crippen LogP contribution in [0.25, 0.3) is 12.3 Å². The first-order valence-electron chi connectivity index (χ1n) is 6.13. The van der Waals surface area contributed by atoms with Crippen LogP contribution in [-0.4, -0.2) is 22.5 Å². The Morgan fingerprint density at radius 3 is 2.90 bits per heavy atom. The average Bonchev–Trinajstić information content (AvgIpc) is 2.93. The summed E-state index contributed by atoms with van der Waals surface area (Å²) in [6.07, 6.45) is 3.18. The molecule has 0 aliphatic carbocycles. The van der Waals surface area contributed by atoms with Gasteiger partial charge in [-0.3, -0.25) is 4.90 Å². The summed E-state index contributed by atoms with van der Waals surface area (Å²) in [6.45, 7) is 0.475. The van der Waals surface area contributed by atoms with Gasteiger partial charge in [0, 0.05) is 28.4 Å². The summed E-state index contributed by atoms with van der Waals surface area (Å²) in [5.74, 6) is 0. The minimum atomic E-state index is -0.443. The summed E-state index contributed by atoms with van der Waals surface area (Å²) < 4.78 is 6.21. The molecule has 0 N–H and O–H groups in total. The molecule has 0 saturated carbocycles. The first kappa shape index (κ1) is 14.4. The summed E-state index contributed by atoms with van der Waals surface area (Å²) in [5, 5.41) is 1.86. The number of hydrogen-bond donors (Lipinski definition) is 0.